The van der Waals surface area contributed by atoms with Crippen molar-refractivity contribution in [1.29, 1.82) is 0 Å². The van der Waals surface area contributed by atoms with Crippen LogP contribution in [-0.4, -0.2) is 13.1 Å². The van der Waals surface area contributed by atoms with Gasteiger partial charge in [0, 0.05) is 29.4 Å². The minimum atomic E-state index is -0.223. The van der Waals surface area contributed by atoms with Crippen molar-refractivity contribution in [2.45, 2.75) is 6.54 Å². The summed E-state index contributed by atoms with van der Waals surface area (Å²) in [4.78, 5) is 11.2. The number of carbonyl (C=O) groups excluding carboxylic acids is 1. The molecule has 5 heteroatoms. The Morgan fingerprint density at radius 1 is 1.05 bits per heavy atom. The maximum atomic E-state index is 11.2. The van der Waals surface area contributed by atoms with E-state index in [1.54, 1.807) is 7.05 Å². The van der Waals surface area contributed by atoms with E-state index in [1.165, 1.54) is 5.56 Å². The van der Waals surface area contributed by atoms with Crippen molar-refractivity contribution >= 4 is 33.3 Å². The molecular weight excluding hydrogens is 318 g/mol. The number of nitrogens with one attached hydrogen (secondary N) is 3. The van der Waals surface area contributed by atoms with Crippen LogP contribution < -0.4 is 16.0 Å². The van der Waals surface area contributed by atoms with Crippen molar-refractivity contribution in [2.75, 3.05) is 17.7 Å². The van der Waals surface area contributed by atoms with Gasteiger partial charge in [0.2, 0.25) is 0 Å². The highest BCUT2D eigenvalue weighted by Gasteiger charge is 2.00. The highest BCUT2D eigenvalue weighted by Crippen LogP contribution is 2.18. The number of hydrogen-bond donors (Lipinski definition) is 3. The first-order valence-corrected chi connectivity index (χ1v) is 7.04. The predicted molar refractivity (Wildman–Crippen MR) is 86.0 cm³/mol. The number of urea groups is 1. The highest BCUT2D eigenvalue weighted by atomic mass is 79.9. The molecule has 0 aliphatic rings. The molecule has 2 rings (SSSR count). The Morgan fingerprint density at radius 3 is 2.35 bits per heavy atom. The van der Waals surface area contributed by atoms with E-state index in [0.717, 1.165) is 22.4 Å². The molecule has 0 saturated carbocycles. The SMILES string of the molecule is CNC(=O)Nc1ccc(NCc2ccccc2Br)cc1. The van der Waals surface area contributed by atoms with Crippen molar-refractivity contribution in [1.82, 2.24) is 5.32 Å². The molecule has 0 aliphatic heterocycles. The Labute approximate surface area is 126 Å². The Morgan fingerprint density at radius 2 is 1.70 bits per heavy atom. The molecule has 2 aromatic carbocycles. The van der Waals surface area contributed by atoms with Gasteiger partial charge >= 0.3 is 6.03 Å². The van der Waals surface area contributed by atoms with Gasteiger partial charge in [-0.2, -0.15) is 0 Å². The van der Waals surface area contributed by atoms with Gasteiger partial charge in [0.1, 0.15) is 0 Å². The topological polar surface area (TPSA) is 53.2 Å². The summed E-state index contributed by atoms with van der Waals surface area (Å²) in [6.07, 6.45) is 0. The van der Waals surface area contributed by atoms with E-state index in [1.807, 2.05) is 42.5 Å². The minimum absolute atomic E-state index is 0.223. The molecule has 2 aromatic rings. The first-order valence-electron chi connectivity index (χ1n) is 6.25. The van der Waals surface area contributed by atoms with E-state index in [4.69, 9.17) is 0 Å². The predicted octanol–water partition coefficient (Wildman–Crippen LogP) is 3.81. The van der Waals surface area contributed by atoms with Crippen LogP contribution in [0.4, 0.5) is 16.2 Å². The summed E-state index contributed by atoms with van der Waals surface area (Å²) in [5, 5.41) is 8.56. The molecule has 0 aliphatic carbocycles. The van der Waals surface area contributed by atoms with Gasteiger partial charge in [-0.05, 0) is 35.9 Å². The number of benzene rings is 2. The van der Waals surface area contributed by atoms with Gasteiger partial charge < -0.3 is 16.0 Å². The lowest BCUT2D eigenvalue weighted by Gasteiger charge is -2.09. The lowest BCUT2D eigenvalue weighted by Crippen LogP contribution is -2.24. The zero-order valence-corrected chi connectivity index (χ0v) is 12.7. The highest BCUT2D eigenvalue weighted by molar-refractivity contribution is 9.10. The van der Waals surface area contributed by atoms with E-state index in [0.29, 0.717) is 0 Å². The molecule has 0 unspecified atom stereocenters. The Kier molecular flexibility index (Phi) is 5.01. The lowest BCUT2D eigenvalue weighted by atomic mass is 10.2. The maximum Gasteiger partial charge on any atom is 0.318 e. The van der Waals surface area contributed by atoms with Crippen molar-refractivity contribution in [3.8, 4) is 0 Å². The van der Waals surface area contributed by atoms with Crippen molar-refractivity contribution in [3.63, 3.8) is 0 Å². The quantitative estimate of drug-likeness (QED) is 0.796. The van der Waals surface area contributed by atoms with Crippen molar-refractivity contribution < 1.29 is 4.79 Å². The van der Waals surface area contributed by atoms with Crippen LogP contribution in [0.25, 0.3) is 0 Å². The zero-order chi connectivity index (χ0) is 14.4. The fraction of sp³-hybridized carbons (Fsp3) is 0.133. The molecule has 0 atom stereocenters. The van der Waals surface area contributed by atoms with Gasteiger partial charge in [0.25, 0.3) is 0 Å². The molecule has 3 N–H and O–H groups in total. The molecule has 104 valence electrons. The third kappa shape index (κ3) is 3.99. The molecule has 20 heavy (non-hydrogen) atoms. The van der Waals surface area contributed by atoms with Crippen LogP contribution in [0.3, 0.4) is 0 Å². The van der Waals surface area contributed by atoms with Crippen LogP contribution in [0.1, 0.15) is 5.56 Å². The van der Waals surface area contributed by atoms with Gasteiger partial charge in [0.15, 0.2) is 0 Å². The van der Waals surface area contributed by atoms with Crippen LogP contribution in [0.2, 0.25) is 0 Å². The van der Waals surface area contributed by atoms with Gasteiger partial charge in [-0.1, -0.05) is 34.1 Å². The number of rotatable bonds is 4. The lowest BCUT2D eigenvalue weighted by molar-refractivity contribution is 0.254. The summed E-state index contributed by atoms with van der Waals surface area (Å²) in [5.74, 6) is 0. The van der Waals surface area contributed by atoms with Crippen LogP contribution in [0.15, 0.2) is 53.0 Å². The standard InChI is InChI=1S/C15H16BrN3O/c1-17-15(20)19-13-8-6-12(7-9-13)18-10-11-4-2-3-5-14(11)16/h2-9,18H,10H2,1H3,(H2,17,19,20). The molecule has 0 heterocycles. The maximum absolute atomic E-state index is 11.2. The first kappa shape index (κ1) is 14.4. The number of amides is 2. The summed E-state index contributed by atoms with van der Waals surface area (Å²) in [7, 11) is 1.59. The Bertz CT molecular complexity index is 584. The third-order valence-electron chi connectivity index (χ3n) is 2.81. The third-order valence-corrected chi connectivity index (χ3v) is 3.58. The monoisotopic (exact) mass is 333 g/mol. The van der Waals surface area contributed by atoms with Gasteiger partial charge in [-0.15, -0.1) is 0 Å². The molecule has 0 bridgehead atoms. The fourth-order valence-electron chi connectivity index (χ4n) is 1.70. The molecule has 0 saturated heterocycles. The fourth-order valence-corrected chi connectivity index (χ4v) is 2.13. The van der Waals surface area contributed by atoms with E-state index >= 15 is 0 Å². The number of hydrogen-bond acceptors (Lipinski definition) is 2. The summed E-state index contributed by atoms with van der Waals surface area (Å²) < 4.78 is 1.09. The zero-order valence-electron chi connectivity index (χ0n) is 11.1. The second-order valence-electron chi connectivity index (χ2n) is 4.23. The molecule has 0 aromatic heterocycles. The van der Waals surface area contributed by atoms with E-state index in [-0.39, 0.29) is 6.03 Å². The molecule has 2 amide bonds. The number of anilines is 2. The van der Waals surface area contributed by atoms with Crippen LogP contribution in [0, 0.1) is 0 Å². The minimum Gasteiger partial charge on any atom is -0.381 e. The second-order valence-corrected chi connectivity index (χ2v) is 5.08. The average molecular weight is 334 g/mol. The van der Waals surface area contributed by atoms with E-state index in [2.05, 4.69) is 37.9 Å². The number of carbonyl (C=O) groups is 1. The van der Waals surface area contributed by atoms with Crippen molar-refractivity contribution in [2.24, 2.45) is 0 Å². The summed E-state index contributed by atoms with van der Waals surface area (Å²) in [6, 6.07) is 15.5. The summed E-state index contributed by atoms with van der Waals surface area (Å²) >= 11 is 3.52. The normalized spacial score (nSPS) is 9.90. The Balaban J connectivity index is 1.94. The van der Waals surface area contributed by atoms with Gasteiger partial charge in [-0.25, -0.2) is 4.79 Å². The van der Waals surface area contributed by atoms with Crippen LogP contribution in [-0.2, 0) is 6.54 Å². The summed E-state index contributed by atoms with van der Waals surface area (Å²) in [6.45, 7) is 0.740. The summed E-state index contributed by atoms with van der Waals surface area (Å²) in [5.41, 5.74) is 2.96. The molecule has 0 spiro atoms. The molecule has 0 radical (unpaired) electrons. The van der Waals surface area contributed by atoms with E-state index in [9.17, 15) is 4.79 Å². The smallest absolute Gasteiger partial charge is 0.318 e. The first-order chi connectivity index (χ1) is 9.69. The molecule has 4 nitrogen and oxygen atoms in total. The molecule has 0 fully saturated rings. The van der Waals surface area contributed by atoms with Crippen LogP contribution in [0.5, 0.6) is 0 Å². The van der Waals surface area contributed by atoms with Gasteiger partial charge in [0.05, 0.1) is 0 Å². The second kappa shape index (κ2) is 6.96. The van der Waals surface area contributed by atoms with E-state index < -0.39 is 0 Å². The van der Waals surface area contributed by atoms with Gasteiger partial charge in [-0.3, -0.25) is 0 Å². The Hall–Kier alpha value is -2.01. The largest absolute Gasteiger partial charge is 0.381 e. The number of halogens is 1. The van der Waals surface area contributed by atoms with Crippen molar-refractivity contribution in [3.05, 3.63) is 58.6 Å². The average Bonchev–Trinajstić information content (AvgIpc) is 2.48. The molecular formula is C15H16BrN3O. The van der Waals surface area contributed by atoms with Crippen LogP contribution >= 0.6 is 15.9 Å².